The molecule has 1 atom stereocenters. The van der Waals surface area contributed by atoms with Gasteiger partial charge in [-0.05, 0) is 19.3 Å². The van der Waals surface area contributed by atoms with Crippen molar-refractivity contribution in [1.82, 2.24) is 25.4 Å². The monoisotopic (exact) mass is 230 g/mol. The number of rotatable bonds is 1. The molecule has 2 aromatic rings. The second-order valence-corrected chi connectivity index (χ2v) is 4.30. The molecular formula is C11H14N6. The predicted molar refractivity (Wildman–Crippen MR) is 61.9 cm³/mol. The Morgan fingerprint density at radius 1 is 1.29 bits per heavy atom. The first kappa shape index (κ1) is 10.3. The number of aromatic nitrogens is 5. The molecular weight excluding hydrogens is 216 g/mol. The van der Waals surface area contributed by atoms with E-state index in [4.69, 9.17) is 5.73 Å². The summed E-state index contributed by atoms with van der Waals surface area (Å²) in [7, 11) is 0. The number of aromatic amines is 1. The lowest BCUT2D eigenvalue weighted by Crippen LogP contribution is -2.12. The van der Waals surface area contributed by atoms with Gasteiger partial charge in [0.2, 0.25) is 0 Å². The van der Waals surface area contributed by atoms with E-state index in [-0.39, 0.29) is 6.04 Å². The second-order valence-electron chi connectivity index (χ2n) is 4.30. The summed E-state index contributed by atoms with van der Waals surface area (Å²) < 4.78 is 0. The summed E-state index contributed by atoms with van der Waals surface area (Å²) in [5.41, 5.74) is 8.91. The van der Waals surface area contributed by atoms with Crippen molar-refractivity contribution in [1.29, 1.82) is 0 Å². The van der Waals surface area contributed by atoms with Gasteiger partial charge in [-0.25, -0.2) is 9.97 Å². The molecule has 0 bridgehead atoms. The van der Waals surface area contributed by atoms with Crippen LogP contribution in [-0.4, -0.2) is 25.4 Å². The number of H-pyrrole nitrogens is 1. The Bertz CT molecular complexity index is 507. The largest absolute Gasteiger partial charge is 0.324 e. The lowest BCUT2D eigenvalue weighted by molar-refractivity contribution is 0.614. The van der Waals surface area contributed by atoms with Crippen LogP contribution in [0.15, 0.2) is 12.4 Å². The maximum atomic E-state index is 6.10. The number of hydrogen-bond acceptors (Lipinski definition) is 5. The molecule has 0 spiro atoms. The van der Waals surface area contributed by atoms with E-state index < -0.39 is 0 Å². The van der Waals surface area contributed by atoms with E-state index in [9.17, 15) is 0 Å². The minimum Gasteiger partial charge on any atom is -0.324 e. The summed E-state index contributed by atoms with van der Waals surface area (Å²) >= 11 is 0. The summed E-state index contributed by atoms with van der Waals surface area (Å²) in [4.78, 5) is 8.87. The fourth-order valence-electron chi connectivity index (χ4n) is 2.18. The molecule has 17 heavy (non-hydrogen) atoms. The fraction of sp³-hybridized carbons (Fsp3) is 0.455. The van der Waals surface area contributed by atoms with Crippen LogP contribution in [0.4, 0.5) is 0 Å². The van der Waals surface area contributed by atoms with Crippen molar-refractivity contribution in [2.75, 3.05) is 0 Å². The first-order valence-electron chi connectivity index (χ1n) is 5.82. The molecule has 0 aliphatic heterocycles. The second kappa shape index (κ2) is 4.21. The van der Waals surface area contributed by atoms with Gasteiger partial charge < -0.3 is 5.73 Å². The van der Waals surface area contributed by atoms with Gasteiger partial charge in [-0.1, -0.05) is 6.42 Å². The van der Waals surface area contributed by atoms with Gasteiger partial charge in [0, 0.05) is 23.5 Å². The maximum Gasteiger partial charge on any atom is 0.181 e. The number of nitrogens with zero attached hydrogens (tertiary/aromatic N) is 4. The highest BCUT2D eigenvalue weighted by atomic mass is 15.3. The summed E-state index contributed by atoms with van der Waals surface area (Å²) in [6.45, 7) is 0. The van der Waals surface area contributed by atoms with Crippen molar-refractivity contribution in [3.05, 3.63) is 23.7 Å². The summed E-state index contributed by atoms with van der Waals surface area (Å²) in [5, 5.41) is 10.3. The molecule has 2 heterocycles. The minimum absolute atomic E-state index is 0.0684. The Morgan fingerprint density at radius 3 is 3.06 bits per heavy atom. The van der Waals surface area contributed by atoms with E-state index in [2.05, 4.69) is 25.4 Å². The smallest absolute Gasteiger partial charge is 0.181 e. The molecule has 88 valence electrons. The summed E-state index contributed by atoms with van der Waals surface area (Å²) in [6, 6.07) is 0.0684. The Kier molecular flexibility index (Phi) is 2.56. The van der Waals surface area contributed by atoms with Gasteiger partial charge in [0.25, 0.3) is 0 Å². The van der Waals surface area contributed by atoms with Crippen LogP contribution in [0.3, 0.4) is 0 Å². The molecule has 1 aliphatic carbocycles. The quantitative estimate of drug-likeness (QED) is 0.712. The molecule has 6 nitrogen and oxygen atoms in total. The standard InChI is InChI=1S/C11H14N6/c12-8-3-1-2-4-9-7(8)5-13-11(15-9)10-6-14-17-16-10/h5-6,8H,1-4,12H2,(H,14,16,17). The molecule has 1 unspecified atom stereocenters. The third-order valence-electron chi connectivity index (χ3n) is 3.12. The van der Waals surface area contributed by atoms with Gasteiger partial charge in [-0.3, -0.25) is 0 Å². The van der Waals surface area contributed by atoms with Crippen molar-refractivity contribution >= 4 is 0 Å². The molecule has 0 saturated heterocycles. The molecule has 0 saturated carbocycles. The Labute approximate surface area is 98.7 Å². The molecule has 0 fully saturated rings. The van der Waals surface area contributed by atoms with Crippen molar-refractivity contribution in [2.45, 2.75) is 31.7 Å². The fourth-order valence-corrected chi connectivity index (χ4v) is 2.18. The van der Waals surface area contributed by atoms with Crippen molar-refractivity contribution < 1.29 is 0 Å². The zero-order chi connectivity index (χ0) is 11.7. The summed E-state index contributed by atoms with van der Waals surface area (Å²) in [6.07, 6.45) is 7.73. The SMILES string of the molecule is NC1CCCCc2nc(-c3cn[nH]n3)ncc21. The number of fused-ring (bicyclic) bond motifs is 1. The van der Waals surface area contributed by atoms with E-state index in [0.29, 0.717) is 11.5 Å². The van der Waals surface area contributed by atoms with Crippen LogP contribution in [0.1, 0.15) is 36.6 Å². The number of nitrogens with two attached hydrogens (primary N) is 1. The third kappa shape index (κ3) is 1.91. The third-order valence-corrected chi connectivity index (χ3v) is 3.12. The van der Waals surface area contributed by atoms with Gasteiger partial charge in [0.15, 0.2) is 5.82 Å². The average Bonchev–Trinajstić information content (AvgIpc) is 2.82. The molecule has 2 aromatic heterocycles. The van der Waals surface area contributed by atoms with Crippen LogP contribution in [0.25, 0.3) is 11.5 Å². The van der Waals surface area contributed by atoms with Crippen molar-refractivity contribution in [3.63, 3.8) is 0 Å². The molecule has 6 heteroatoms. The van der Waals surface area contributed by atoms with Crippen LogP contribution in [0, 0.1) is 0 Å². The topological polar surface area (TPSA) is 93.4 Å². The molecule has 0 amide bonds. The first-order chi connectivity index (χ1) is 8.34. The lowest BCUT2D eigenvalue weighted by Gasteiger charge is -2.11. The Balaban J connectivity index is 2.03. The van der Waals surface area contributed by atoms with E-state index >= 15 is 0 Å². The van der Waals surface area contributed by atoms with Gasteiger partial charge in [0.1, 0.15) is 5.69 Å². The normalized spacial score (nSPS) is 19.7. The lowest BCUT2D eigenvalue weighted by atomic mass is 10.1. The number of nitrogens with one attached hydrogen (secondary N) is 1. The van der Waals surface area contributed by atoms with Crippen LogP contribution < -0.4 is 5.73 Å². The molecule has 0 radical (unpaired) electrons. The summed E-state index contributed by atoms with van der Waals surface area (Å²) in [5.74, 6) is 0.617. The highest BCUT2D eigenvalue weighted by Crippen LogP contribution is 2.26. The zero-order valence-corrected chi connectivity index (χ0v) is 9.43. The van der Waals surface area contributed by atoms with Crippen LogP contribution in [0.2, 0.25) is 0 Å². The number of hydrogen-bond donors (Lipinski definition) is 2. The maximum absolute atomic E-state index is 6.10. The molecule has 3 N–H and O–H groups in total. The highest BCUT2D eigenvalue weighted by Gasteiger charge is 2.18. The van der Waals surface area contributed by atoms with Gasteiger partial charge in [-0.2, -0.15) is 15.4 Å². The van der Waals surface area contributed by atoms with Gasteiger partial charge in [0.05, 0.1) is 6.20 Å². The van der Waals surface area contributed by atoms with Crippen molar-refractivity contribution in [3.8, 4) is 11.5 Å². The van der Waals surface area contributed by atoms with Gasteiger partial charge >= 0.3 is 0 Å². The molecule has 3 rings (SSSR count). The van der Waals surface area contributed by atoms with Gasteiger partial charge in [-0.15, -0.1) is 0 Å². The Morgan fingerprint density at radius 2 is 2.24 bits per heavy atom. The van der Waals surface area contributed by atoms with Crippen LogP contribution in [-0.2, 0) is 6.42 Å². The first-order valence-corrected chi connectivity index (χ1v) is 5.82. The van der Waals surface area contributed by atoms with Crippen LogP contribution in [0.5, 0.6) is 0 Å². The van der Waals surface area contributed by atoms with Crippen molar-refractivity contribution in [2.24, 2.45) is 5.73 Å². The minimum atomic E-state index is 0.0684. The van der Waals surface area contributed by atoms with E-state index in [1.54, 1.807) is 6.20 Å². The predicted octanol–water partition coefficient (Wildman–Crippen LogP) is 0.988. The average molecular weight is 230 g/mol. The highest BCUT2D eigenvalue weighted by molar-refractivity contribution is 5.47. The van der Waals surface area contributed by atoms with E-state index in [0.717, 1.165) is 36.9 Å². The number of aryl methyl sites for hydroxylation is 1. The Hall–Kier alpha value is -1.82. The molecule has 1 aliphatic rings. The zero-order valence-electron chi connectivity index (χ0n) is 9.43. The van der Waals surface area contributed by atoms with E-state index in [1.165, 1.54) is 0 Å². The molecule has 0 aromatic carbocycles. The van der Waals surface area contributed by atoms with Crippen LogP contribution >= 0.6 is 0 Å². The van der Waals surface area contributed by atoms with E-state index in [1.807, 2.05) is 6.20 Å².